The van der Waals surface area contributed by atoms with E-state index in [9.17, 15) is 14.4 Å². The van der Waals surface area contributed by atoms with Gasteiger partial charge in [-0.1, -0.05) is 29.8 Å². The topological polar surface area (TPSA) is 77.2 Å². The summed E-state index contributed by atoms with van der Waals surface area (Å²) in [5.41, 5.74) is 1.69. The maximum Gasteiger partial charge on any atom is 0.352 e. The van der Waals surface area contributed by atoms with Crippen molar-refractivity contribution in [1.29, 1.82) is 0 Å². The number of hydrogen-bond donors (Lipinski definition) is 0. The van der Waals surface area contributed by atoms with Gasteiger partial charge in [-0.3, -0.25) is 14.2 Å². The molecule has 7 nitrogen and oxygen atoms in total. The molecule has 0 unspecified atom stereocenters. The van der Waals surface area contributed by atoms with Crippen LogP contribution in [0.5, 0.6) is 0 Å². The number of carbonyl (C=O) groups is 1. The van der Waals surface area contributed by atoms with Gasteiger partial charge in [0, 0.05) is 18.1 Å². The number of hydrogen-bond acceptors (Lipinski definition) is 4. The molecule has 1 fully saturated rings. The first kappa shape index (κ1) is 21.1. The van der Waals surface area contributed by atoms with Crippen molar-refractivity contribution >= 4 is 17.5 Å². The van der Waals surface area contributed by atoms with Crippen LogP contribution in [0.3, 0.4) is 0 Å². The lowest BCUT2D eigenvalue weighted by Crippen LogP contribution is -2.46. The van der Waals surface area contributed by atoms with Crippen molar-refractivity contribution in [3.8, 4) is 5.69 Å². The number of carbonyl (C=O) groups excluding carboxylic acids is 1. The molecule has 2 aromatic carbocycles. The average molecular weight is 439 g/mol. The van der Waals surface area contributed by atoms with Crippen LogP contribution in [0.1, 0.15) is 40.0 Å². The zero-order valence-electron chi connectivity index (χ0n) is 17.5. The summed E-state index contributed by atoms with van der Waals surface area (Å²) >= 11 is 6.07. The Labute approximate surface area is 184 Å². The summed E-state index contributed by atoms with van der Waals surface area (Å²) < 4.78 is 2.19. The first-order valence-electron chi connectivity index (χ1n) is 10.2. The smallest absolute Gasteiger partial charge is 0.337 e. The van der Waals surface area contributed by atoms with Gasteiger partial charge in [0.05, 0.1) is 12.2 Å². The Morgan fingerprint density at radius 1 is 1.03 bits per heavy atom. The van der Waals surface area contributed by atoms with E-state index in [0.717, 1.165) is 33.2 Å². The van der Waals surface area contributed by atoms with E-state index in [1.807, 2.05) is 26.0 Å². The number of likely N-dealkylation sites (tertiary alicyclic amines) is 1. The van der Waals surface area contributed by atoms with Gasteiger partial charge in [-0.25, -0.2) is 4.79 Å². The summed E-state index contributed by atoms with van der Waals surface area (Å²) in [7, 11) is 0. The van der Waals surface area contributed by atoms with Crippen molar-refractivity contribution in [2.24, 2.45) is 0 Å². The van der Waals surface area contributed by atoms with Gasteiger partial charge < -0.3 is 4.90 Å². The van der Waals surface area contributed by atoms with Crippen LogP contribution in [-0.4, -0.2) is 38.2 Å². The van der Waals surface area contributed by atoms with E-state index >= 15 is 0 Å². The second kappa shape index (κ2) is 8.51. The van der Waals surface area contributed by atoms with Crippen LogP contribution in [0.25, 0.3) is 5.69 Å². The molecule has 0 bridgehead atoms. The Bertz CT molecular complexity index is 1270. The molecule has 1 aliphatic rings. The molecule has 0 radical (unpaired) electrons. The number of aryl methyl sites for hydroxylation is 2. The number of benzene rings is 2. The second-order valence-electron chi connectivity index (χ2n) is 7.83. The Morgan fingerprint density at radius 2 is 1.77 bits per heavy atom. The molecule has 8 heteroatoms. The lowest BCUT2D eigenvalue weighted by Gasteiger charge is -2.17. The van der Waals surface area contributed by atoms with E-state index in [0.29, 0.717) is 29.4 Å². The molecule has 0 atom stereocenters. The summed E-state index contributed by atoms with van der Waals surface area (Å²) in [5, 5.41) is 4.73. The van der Waals surface area contributed by atoms with Crippen molar-refractivity contribution in [1.82, 2.24) is 19.2 Å². The van der Waals surface area contributed by atoms with Gasteiger partial charge in [-0.15, -0.1) is 0 Å². The highest BCUT2D eigenvalue weighted by atomic mass is 35.5. The molecule has 160 valence electrons. The number of amides is 1. The van der Waals surface area contributed by atoms with Crippen molar-refractivity contribution < 1.29 is 4.79 Å². The molecule has 4 rings (SSSR count). The van der Waals surface area contributed by atoms with E-state index in [1.165, 1.54) is 0 Å². The SMILES string of the molecule is Cc1ccc(-n2nc(C(=O)N3CCCC3)c(=O)n(Cc3cccc(Cl)c3)c2=O)cc1C. The molecule has 0 N–H and O–H groups in total. The number of nitrogens with zero attached hydrogens (tertiary/aromatic N) is 4. The maximum absolute atomic E-state index is 13.3. The molecular formula is C23H23ClN4O3. The monoisotopic (exact) mass is 438 g/mol. The lowest BCUT2D eigenvalue weighted by atomic mass is 10.1. The maximum atomic E-state index is 13.3. The van der Waals surface area contributed by atoms with Crippen molar-refractivity contribution in [2.45, 2.75) is 33.2 Å². The van der Waals surface area contributed by atoms with Crippen molar-refractivity contribution in [2.75, 3.05) is 13.1 Å². The summed E-state index contributed by atoms with van der Waals surface area (Å²) in [5.74, 6) is -0.445. The van der Waals surface area contributed by atoms with Gasteiger partial charge >= 0.3 is 5.69 Å². The predicted molar refractivity (Wildman–Crippen MR) is 119 cm³/mol. The molecule has 3 aromatic rings. The fraction of sp³-hybridized carbons (Fsp3) is 0.304. The summed E-state index contributed by atoms with van der Waals surface area (Å²) in [6, 6.07) is 12.4. The number of aromatic nitrogens is 3. The molecule has 31 heavy (non-hydrogen) atoms. The van der Waals surface area contributed by atoms with Gasteiger partial charge in [0.2, 0.25) is 5.69 Å². The van der Waals surface area contributed by atoms with E-state index in [-0.39, 0.29) is 12.2 Å². The van der Waals surface area contributed by atoms with Crippen LogP contribution in [0.2, 0.25) is 5.02 Å². The van der Waals surface area contributed by atoms with Crippen molar-refractivity contribution in [3.63, 3.8) is 0 Å². The normalized spacial score (nSPS) is 13.6. The van der Waals surface area contributed by atoms with Crippen LogP contribution in [0.15, 0.2) is 52.1 Å². The van der Waals surface area contributed by atoms with Crippen LogP contribution in [-0.2, 0) is 6.54 Å². The Balaban J connectivity index is 1.90. The molecule has 1 aliphatic heterocycles. The van der Waals surface area contributed by atoms with E-state index in [1.54, 1.807) is 35.2 Å². The predicted octanol–water partition coefficient (Wildman–Crippen LogP) is 2.95. The molecule has 2 heterocycles. The zero-order valence-corrected chi connectivity index (χ0v) is 18.2. The third kappa shape index (κ3) is 4.18. The lowest BCUT2D eigenvalue weighted by molar-refractivity contribution is 0.0781. The highest BCUT2D eigenvalue weighted by Crippen LogP contribution is 2.14. The number of rotatable bonds is 4. The summed E-state index contributed by atoms with van der Waals surface area (Å²) in [4.78, 5) is 41.1. The Hall–Kier alpha value is -3.19. The fourth-order valence-electron chi connectivity index (χ4n) is 3.70. The van der Waals surface area contributed by atoms with Crippen LogP contribution >= 0.6 is 11.6 Å². The Kier molecular flexibility index (Phi) is 5.78. The van der Waals surface area contributed by atoms with Crippen LogP contribution < -0.4 is 11.2 Å². The van der Waals surface area contributed by atoms with E-state index in [2.05, 4.69) is 5.10 Å². The standard InChI is InChI=1S/C23H23ClN4O3/c1-15-8-9-19(12-16(15)2)28-23(31)27(14-17-6-5-7-18(24)13-17)22(30)20(25-28)21(29)26-10-3-4-11-26/h5-9,12-13H,3-4,10-11,14H2,1-2H3. The van der Waals surface area contributed by atoms with Crippen LogP contribution in [0.4, 0.5) is 0 Å². The van der Waals surface area contributed by atoms with Crippen molar-refractivity contribution in [3.05, 3.63) is 90.7 Å². The minimum atomic E-state index is -0.693. The fourth-order valence-corrected chi connectivity index (χ4v) is 3.91. The average Bonchev–Trinajstić information content (AvgIpc) is 3.28. The van der Waals surface area contributed by atoms with Gasteiger partial charge in [-0.2, -0.15) is 9.78 Å². The minimum Gasteiger partial charge on any atom is -0.337 e. The molecule has 1 amide bonds. The summed E-state index contributed by atoms with van der Waals surface area (Å²) in [6.07, 6.45) is 1.78. The first-order chi connectivity index (χ1) is 14.8. The molecule has 1 saturated heterocycles. The minimum absolute atomic E-state index is 0.00807. The summed E-state index contributed by atoms with van der Waals surface area (Å²) in [6.45, 7) is 5.06. The Morgan fingerprint density at radius 3 is 2.45 bits per heavy atom. The molecular weight excluding hydrogens is 416 g/mol. The zero-order chi connectivity index (χ0) is 22.1. The third-order valence-electron chi connectivity index (χ3n) is 5.62. The molecule has 0 aliphatic carbocycles. The van der Waals surface area contributed by atoms with Crippen LogP contribution in [0, 0.1) is 13.8 Å². The van der Waals surface area contributed by atoms with Gasteiger partial charge in [0.25, 0.3) is 11.5 Å². The highest BCUT2D eigenvalue weighted by molar-refractivity contribution is 6.30. The quantitative estimate of drug-likeness (QED) is 0.627. The third-order valence-corrected chi connectivity index (χ3v) is 5.86. The second-order valence-corrected chi connectivity index (χ2v) is 8.27. The van der Waals surface area contributed by atoms with E-state index < -0.39 is 17.2 Å². The molecule has 1 aromatic heterocycles. The number of halogens is 1. The van der Waals surface area contributed by atoms with E-state index in [4.69, 9.17) is 11.6 Å². The first-order valence-corrected chi connectivity index (χ1v) is 10.6. The molecule has 0 saturated carbocycles. The van der Waals surface area contributed by atoms with Gasteiger partial charge in [-0.05, 0) is 67.6 Å². The van der Waals surface area contributed by atoms with Gasteiger partial charge in [0.1, 0.15) is 0 Å². The highest BCUT2D eigenvalue weighted by Gasteiger charge is 2.26. The molecule has 0 spiro atoms. The largest absolute Gasteiger partial charge is 0.352 e. The van der Waals surface area contributed by atoms with Gasteiger partial charge in [0.15, 0.2) is 0 Å².